The highest BCUT2D eigenvalue weighted by atomic mass is 32.2. The van der Waals surface area contributed by atoms with E-state index in [1.165, 1.54) is 0 Å². The lowest BCUT2D eigenvalue weighted by atomic mass is 10.2. The molecule has 1 N–H and O–H groups in total. The Morgan fingerprint density at radius 1 is 1.05 bits per heavy atom. The van der Waals surface area contributed by atoms with E-state index in [4.69, 9.17) is 9.47 Å². The lowest BCUT2D eigenvalue weighted by Crippen LogP contribution is -2.17. The number of ether oxygens (including phenoxy) is 2. The molecule has 0 spiro atoms. The van der Waals surface area contributed by atoms with Crippen LogP contribution in [0.15, 0.2) is 47.4 Å². The van der Waals surface area contributed by atoms with E-state index in [2.05, 4.69) is 4.72 Å². The van der Waals surface area contributed by atoms with E-state index in [0.717, 1.165) is 16.9 Å². The molecule has 2 rings (SSSR count). The van der Waals surface area contributed by atoms with Gasteiger partial charge < -0.3 is 9.47 Å². The number of hydrogen-bond donors (Lipinski definition) is 1. The van der Waals surface area contributed by atoms with Crippen LogP contribution in [0.4, 0.5) is 0 Å². The quantitative estimate of drug-likeness (QED) is 0.892. The zero-order chi connectivity index (χ0) is 15.2. The van der Waals surface area contributed by atoms with Gasteiger partial charge in [0.15, 0.2) is 0 Å². The Morgan fingerprint density at radius 2 is 1.76 bits per heavy atom. The Morgan fingerprint density at radius 3 is 2.38 bits per heavy atom. The predicted molar refractivity (Wildman–Crippen MR) is 84.0 cm³/mol. The first-order valence-corrected chi connectivity index (χ1v) is 7.73. The molecule has 0 fully saturated rings. The first-order chi connectivity index (χ1) is 10.2. The average Bonchev–Trinajstić information content (AvgIpc) is 2.53. The zero-order valence-electron chi connectivity index (χ0n) is 12.4. The first-order valence-electron chi connectivity index (χ1n) is 6.58. The number of benzene rings is 2. The summed E-state index contributed by atoms with van der Waals surface area (Å²) in [5.74, 6) is 1.31. The van der Waals surface area contributed by atoms with Gasteiger partial charge in [0.2, 0.25) is 0 Å². The van der Waals surface area contributed by atoms with Crippen LogP contribution in [0.25, 0.3) is 0 Å². The fourth-order valence-electron chi connectivity index (χ4n) is 2.09. The van der Waals surface area contributed by atoms with Crippen LogP contribution in [0.1, 0.15) is 11.1 Å². The van der Waals surface area contributed by atoms with Gasteiger partial charge in [-0.05, 0) is 24.6 Å². The van der Waals surface area contributed by atoms with Crippen LogP contribution < -0.4 is 14.2 Å². The fraction of sp³-hybridized carbons (Fsp3) is 0.250. The second-order valence-electron chi connectivity index (χ2n) is 4.50. The molecule has 112 valence electrons. The summed E-state index contributed by atoms with van der Waals surface area (Å²) in [6, 6.07) is 13.4. The number of hydrogen-bond acceptors (Lipinski definition) is 3. The molecule has 0 aliphatic heterocycles. The van der Waals surface area contributed by atoms with Crippen molar-refractivity contribution in [1.29, 1.82) is 0 Å². The first kappa shape index (κ1) is 15.5. The van der Waals surface area contributed by atoms with Crippen molar-refractivity contribution in [3.05, 3.63) is 53.6 Å². The zero-order valence-corrected chi connectivity index (χ0v) is 13.2. The van der Waals surface area contributed by atoms with E-state index in [0.29, 0.717) is 17.2 Å². The molecular formula is C16H19NO3S. The van der Waals surface area contributed by atoms with E-state index in [1.807, 2.05) is 37.3 Å². The molecule has 0 aromatic heterocycles. The highest BCUT2D eigenvalue weighted by molar-refractivity contribution is 7.83. The molecule has 0 radical (unpaired) electrons. The maximum absolute atomic E-state index is 12.4. The van der Waals surface area contributed by atoms with Crippen molar-refractivity contribution in [3.8, 4) is 11.5 Å². The van der Waals surface area contributed by atoms with Gasteiger partial charge in [-0.3, -0.25) is 0 Å². The topological polar surface area (TPSA) is 47.6 Å². The molecule has 1 atom stereocenters. The van der Waals surface area contributed by atoms with Crippen molar-refractivity contribution in [2.24, 2.45) is 0 Å². The van der Waals surface area contributed by atoms with Crippen LogP contribution in [0.2, 0.25) is 0 Å². The molecule has 2 aromatic rings. The summed E-state index contributed by atoms with van der Waals surface area (Å²) >= 11 is 0. The largest absolute Gasteiger partial charge is 0.496 e. The number of methoxy groups -OCH3 is 2. The van der Waals surface area contributed by atoms with E-state index < -0.39 is 11.0 Å². The van der Waals surface area contributed by atoms with Gasteiger partial charge in [0.25, 0.3) is 0 Å². The van der Waals surface area contributed by atoms with Gasteiger partial charge in [0.05, 0.1) is 19.1 Å². The fourth-order valence-corrected chi connectivity index (χ4v) is 3.14. The Hall–Kier alpha value is -1.85. The number of rotatable bonds is 6. The van der Waals surface area contributed by atoms with Crippen molar-refractivity contribution in [2.75, 3.05) is 14.2 Å². The normalized spacial score (nSPS) is 12.0. The summed E-state index contributed by atoms with van der Waals surface area (Å²) in [5, 5.41) is 0. The van der Waals surface area contributed by atoms with Crippen LogP contribution in [0.3, 0.4) is 0 Å². The monoisotopic (exact) mass is 305 g/mol. The van der Waals surface area contributed by atoms with Crippen LogP contribution in [0, 0.1) is 6.92 Å². The highest BCUT2D eigenvalue weighted by Crippen LogP contribution is 2.32. The van der Waals surface area contributed by atoms with Crippen molar-refractivity contribution in [1.82, 2.24) is 4.72 Å². The molecule has 1 unspecified atom stereocenters. The van der Waals surface area contributed by atoms with E-state index in [-0.39, 0.29) is 0 Å². The Balaban J connectivity index is 2.17. The minimum Gasteiger partial charge on any atom is -0.496 e. The molecule has 21 heavy (non-hydrogen) atoms. The molecule has 0 saturated carbocycles. The SMILES string of the molecule is COc1ccc(S(=O)NCc2ccccc2)c(OC)c1C. The van der Waals surface area contributed by atoms with Gasteiger partial charge in [-0.2, -0.15) is 0 Å². The van der Waals surface area contributed by atoms with Crippen molar-refractivity contribution in [3.63, 3.8) is 0 Å². The standard InChI is InChI=1S/C16H19NO3S/c1-12-14(19-2)9-10-15(16(12)20-3)21(18)17-11-13-7-5-4-6-8-13/h4-10,17H,11H2,1-3H3. The molecule has 4 nitrogen and oxygen atoms in total. The summed E-state index contributed by atoms with van der Waals surface area (Å²) in [6.45, 7) is 2.41. The Kier molecular flexibility index (Phi) is 5.36. The lowest BCUT2D eigenvalue weighted by Gasteiger charge is -2.14. The minimum atomic E-state index is -1.35. The molecule has 0 heterocycles. The Labute approximate surface area is 127 Å². The maximum atomic E-state index is 12.4. The molecule has 2 aromatic carbocycles. The molecule has 0 amide bonds. The maximum Gasteiger partial charge on any atom is 0.142 e. The van der Waals surface area contributed by atoms with Crippen LogP contribution in [-0.2, 0) is 17.5 Å². The van der Waals surface area contributed by atoms with Crippen molar-refractivity contribution >= 4 is 11.0 Å². The second kappa shape index (κ2) is 7.24. The van der Waals surface area contributed by atoms with Gasteiger partial charge in [0.1, 0.15) is 22.5 Å². The lowest BCUT2D eigenvalue weighted by molar-refractivity contribution is 0.381. The van der Waals surface area contributed by atoms with Gasteiger partial charge in [-0.25, -0.2) is 8.93 Å². The predicted octanol–water partition coefficient (Wildman–Crippen LogP) is 2.82. The third-order valence-corrected chi connectivity index (χ3v) is 4.32. The smallest absolute Gasteiger partial charge is 0.142 e. The molecule has 5 heteroatoms. The summed E-state index contributed by atoms with van der Waals surface area (Å²) in [5.41, 5.74) is 1.92. The van der Waals surface area contributed by atoms with Crippen molar-refractivity contribution < 1.29 is 13.7 Å². The third-order valence-electron chi connectivity index (χ3n) is 3.19. The van der Waals surface area contributed by atoms with Gasteiger partial charge in [-0.1, -0.05) is 30.3 Å². The Bertz CT molecular complexity index is 629. The highest BCUT2D eigenvalue weighted by Gasteiger charge is 2.16. The molecule has 0 aliphatic rings. The van der Waals surface area contributed by atoms with E-state index in [9.17, 15) is 4.21 Å². The molecule has 0 saturated heterocycles. The summed E-state index contributed by atoms with van der Waals surface area (Å²) in [6.07, 6.45) is 0. The van der Waals surface area contributed by atoms with Gasteiger partial charge in [-0.15, -0.1) is 0 Å². The minimum absolute atomic E-state index is 0.529. The number of nitrogens with one attached hydrogen (secondary N) is 1. The third kappa shape index (κ3) is 3.62. The second-order valence-corrected chi connectivity index (χ2v) is 5.77. The summed E-state index contributed by atoms with van der Waals surface area (Å²) in [7, 11) is 1.83. The molecule has 0 aliphatic carbocycles. The van der Waals surface area contributed by atoms with Crippen LogP contribution in [0.5, 0.6) is 11.5 Å². The van der Waals surface area contributed by atoms with E-state index >= 15 is 0 Å². The molecular weight excluding hydrogens is 286 g/mol. The van der Waals surface area contributed by atoms with Crippen LogP contribution in [-0.4, -0.2) is 18.4 Å². The van der Waals surface area contributed by atoms with E-state index in [1.54, 1.807) is 26.4 Å². The molecule has 0 bridgehead atoms. The van der Waals surface area contributed by atoms with Gasteiger partial charge in [0, 0.05) is 12.1 Å². The van der Waals surface area contributed by atoms with Crippen LogP contribution >= 0.6 is 0 Å². The average molecular weight is 305 g/mol. The van der Waals surface area contributed by atoms with Crippen molar-refractivity contribution in [2.45, 2.75) is 18.4 Å². The summed E-state index contributed by atoms with van der Waals surface area (Å²) < 4.78 is 26.1. The van der Waals surface area contributed by atoms with Gasteiger partial charge >= 0.3 is 0 Å². The summed E-state index contributed by atoms with van der Waals surface area (Å²) in [4.78, 5) is 0.617.